The maximum Gasteiger partial charge on any atom is 0.220 e. The lowest BCUT2D eigenvalue weighted by Crippen LogP contribution is -2.38. The zero-order valence-electron chi connectivity index (χ0n) is 13.0. The van der Waals surface area contributed by atoms with Crippen molar-refractivity contribution in [2.75, 3.05) is 0 Å². The van der Waals surface area contributed by atoms with E-state index in [1.54, 1.807) is 0 Å². The summed E-state index contributed by atoms with van der Waals surface area (Å²) < 4.78 is 0. The molecule has 1 atom stereocenters. The van der Waals surface area contributed by atoms with Gasteiger partial charge < -0.3 is 11.1 Å². The van der Waals surface area contributed by atoms with E-state index in [2.05, 4.69) is 26.1 Å². The van der Waals surface area contributed by atoms with Gasteiger partial charge in [-0.05, 0) is 50.9 Å². The molecule has 1 saturated carbocycles. The van der Waals surface area contributed by atoms with E-state index in [1.807, 2.05) is 0 Å². The molecule has 3 heteroatoms. The SMILES string of the molecule is CCC(CC)C(C)NC(=O)CCC1CCC(N)CC1. The normalized spacial score (nSPS) is 25.3. The molecule has 1 aliphatic carbocycles. The van der Waals surface area contributed by atoms with E-state index < -0.39 is 0 Å². The number of amides is 1. The van der Waals surface area contributed by atoms with Crippen LogP contribution in [0.4, 0.5) is 0 Å². The van der Waals surface area contributed by atoms with Crippen LogP contribution in [0, 0.1) is 11.8 Å². The number of nitrogens with two attached hydrogens (primary N) is 1. The Morgan fingerprint density at radius 2 is 1.79 bits per heavy atom. The molecule has 0 radical (unpaired) electrons. The van der Waals surface area contributed by atoms with Crippen LogP contribution in [0.25, 0.3) is 0 Å². The standard InChI is InChI=1S/C16H32N2O/c1-4-14(5-2)12(3)18-16(19)11-8-13-6-9-15(17)10-7-13/h12-15H,4-11,17H2,1-3H3,(H,18,19). The van der Waals surface area contributed by atoms with Gasteiger partial charge in [-0.3, -0.25) is 4.79 Å². The predicted octanol–water partition coefficient (Wildman–Crippen LogP) is 3.23. The number of rotatable bonds is 7. The van der Waals surface area contributed by atoms with Crippen LogP contribution < -0.4 is 11.1 Å². The molecule has 0 aromatic rings. The first-order valence-electron chi connectivity index (χ1n) is 8.11. The molecule has 0 aromatic heterocycles. The minimum Gasteiger partial charge on any atom is -0.353 e. The molecular formula is C16H32N2O. The largest absolute Gasteiger partial charge is 0.353 e. The summed E-state index contributed by atoms with van der Waals surface area (Å²) in [5, 5.41) is 3.17. The number of carbonyl (C=O) groups excluding carboxylic acids is 1. The van der Waals surface area contributed by atoms with Crippen molar-refractivity contribution in [3.05, 3.63) is 0 Å². The van der Waals surface area contributed by atoms with Gasteiger partial charge in [-0.1, -0.05) is 26.7 Å². The highest BCUT2D eigenvalue weighted by molar-refractivity contribution is 5.76. The fraction of sp³-hybridized carbons (Fsp3) is 0.938. The van der Waals surface area contributed by atoms with E-state index in [9.17, 15) is 4.79 Å². The van der Waals surface area contributed by atoms with Crippen molar-refractivity contribution in [1.82, 2.24) is 5.32 Å². The van der Waals surface area contributed by atoms with Crippen LogP contribution in [0.5, 0.6) is 0 Å². The Labute approximate surface area is 118 Å². The van der Waals surface area contributed by atoms with Gasteiger partial charge in [0.25, 0.3) is 0 Å². The molecule has 1 amide bonds. The molecule has 1 unspecified atom stereocenters. The van der Waals surface area contributed by atoms with Crippen molar-refractivity contribution >= 4 is 5.91 Å². The lowest BCUT2D eigenvalue weighted by molar-refractivity contribution is -0.122. The third-order valence-corrected chi connectivity index (χ3v) is 4.82. The maximum absolute atomic E-state index is 12.0. The monoisotopic (exact) mass is 268 g/mol. The van der Waals surface area contributed by atoms with Gasteiger partial charge in [0, 0.05) is 18.5 Å². The molecule has 3 nitrogen and oxygen atoms in total. The van der Waals surface area contributed by atoms with Gasteiger partial charge in [0.15, 0.2) is 0 Å². The number of nitrogens with one attached hydrogen (secondary N) is 1. The highest BCUT2D eigenvalue weighted by Crippen LogP contribution is 2.26. The van der Waals surface area contributed by atoms with E-state index in [4.69, 9.17) is 5.73 Å². The summed E-state index contributed by atoms with van der Waals surface area (Å²) in [6.07, 6.45) is 8.68. The first-order valence-corrected chi connectivity index (χ1v) is 8.11. The maximum atomic E-state index is 12.0. The van der Waals surface area contributed by atoms with E-state index in [0.29, 0.717) is 30.3 Å². The van der Waals surface area contributed by atoms with Crippen molar-refractivity contribution in [3.63, 3.8) is 0 Å². The molecule has 0 saturated heterocycles. The highest BCUT2D eigenvalue weighted by atomic mass is 16.1. The zero-order valence-corrected chi connectivity index (χ0v) is 13.0. The Kier molecular flexibility index (Phi) is 7.44. The molecule has 19 heavy (non-hydrogen) atoms. The van der Waals surface area contributed by atoms with E-state index in [0.717, 1.165) is 32.1 Å². The fourth-order valence-corrected chi connectivity index (χ4v) is 3.25. The molecular weight excluding hydrogens is 236 g/mol. The second-order valence-electron chi connectivity index (χ2n) is 6.25. The topological polar surface area (TPSA) is 55.1 Å². The van der Waals surface area contributed by atoms with Crippen LogP contribution in [0.15, 0.2) is 0 Å². The fourth-order valence-electron chi connectivity index (χ4n) is 3.25. The van der Waals surface area contributed by atoms with Crippen molar-refractivity contribution in [2.24, 2.45) is 17.6 Å². The lowest BCUT2D eigenvalue weighted by atomic mass is 9.83. The summed E-state index contributed by atoms with van der Waals surface area (Å²) in [5.41, 5.74) is 5.90. The first-order chi connectivity index (χ1) is 9.06. The van der Waals surface area contributed by atoms with E-state index in [1.165, 1.54) is 12.8 Å². The van der Waals surface area contributed by atoms with Crippen LogP contribution in [-0.2, 0) is 4.79 Å². The van der Waals surface area contributed by atoms with Gasteiger partial charge in [-0.2, -0.15) is 0 Å². The van der Waals surface area contributed by atoms with Crippen molar-refractivity contribution in [3.8, 4) is 0 Å². The summed E-state index contributed by atoms with van der Waals surface area (Å²) in [6, 6.07) is 0.710. The second-order valence-corrected chi connectivity index (χ2v) is 6.25. The Hall–Kier alpha value is -0.570. The molecule has 1 rings (SSSR count). The van der Waals surface area contributed by atoms with Crippen LogP contribution in [0.2, 0.25) is 0 Å². The lowest BCUT2D eigenvalue weighted by Gasteiger charge is -2.26. The third kappa shape index (κ3) is 5.94. The number of hydrogen-bond donors (Lipinski definition) is 2. The summed E-state index contributed by atoms with van der Waals surface area (Å²) in [4.78, 5) is 12.0. The zero-order chi connectivity index (χ0) is 14.3. The average Bonchev–Trinajstić information content (AvgIpc) is 2.39. The van der Waals surface area contributed by atoms with Crippen molar-refractivity contribution in [2.45, 2.75) is 84.2 Å². The summed E-state index contributed by atoms with van der Waals surface area (Å²) >= 11 is 0. The summed E-state index contributed by atoms with van der Waals surface area (Å²) in [7, 11) is 0. The van der Waals surface area contributed by atoms with Crippen LogP contribution >= 0.6 is 0 Å². The van der Waals surface area contributed by atoms with E-state index >= 15 is 0 Å². The second kappa shape index (κ2) is 8.57. The smallest absolute Gasteiger partial charge is 0.220 e. The third-order valence-electron chi connectivity index (χ3n) is 4.82. The molecule has 0 heterocycles. The Balaban J connectivity index is 2.20. The molecule has 0 aliphatic heterocycles. The van der Waals surface area contributed by atoms with Gasteiger partial charge in [0.2, 0.25) is 5.91 Å². The minimum atomic E-state index is 0.231. The van der Waals surface area contributed by atoms with Gasteiger partial charge >= 0.3 is 0 Å². The van der Waals surface area contributed by atoms with Crippen molar-refractivity contribution < 1.29 is 4.79 Å². The molecule has 0 spiro atoms. The van der Waals surface area contributed by atoms with Gasteiger partial charge in [0.1, 0.15) is 0 Å². The van der Waals surface area contributed by atoms with Crippen LogP contribution in [-0.4, -0.2) is 18.0 Å². The predicted molar refractivity (Wildman–Crippen MR) is 80.8 cm³/mol. The Bertz CT molecular complexity index is 255. The molecule has 0 bridgehead atoms. The molecule has 112 valence electrons. The minimum absolute atomic E-state index is 0.231. The molecule has 1 aliphatic rings. The highest BCUT2D eigenvalue weighted by Gasteiger charge is 2.20. The quantitative estimate of drug-likeness (QED) is 0.745. The van der Waals surface area contributed by atoms with Crippen molar-refractivity contribution in [1.29, 1.82) is 0 Å². The van der Waals surface area contributed by atoms with Crippen LogP contribution in [0.1, 0.15) is 72.1 Å². The molecule has 0 aromatic carbocycles. The number of carbonyl (C=O) groups is 1. The van der Waals surface area contributed by atoms with E-state index in [-0.39, 0.29) is 5.91 Å². The molecule has 3 N–H and O–H groups in total. The van der Waals surface area contributed by atoms with Gasteiger partial charge in [-0.25, -0.2) is 0 Å². The molecule has 1 fully saturated rings. The Morgan fingerprint density at radius 3 is 2.32 bits per heavy atom. The van der Waals surface area contributed by atoms with Crippen LogP contribution in [0.3, 0.4) is 0 Å². The van der Waals surface area contributed by atoms with Gasteiger partial charge in [0.05, 0.1) is 0 Å². The first kappa shape index (κ1) is 16.5. The number of hydrogen-bond acceptors (Lipinski definition) is 2. The summed E-state index contributed by atoms with van der Waals surface area (Å²) in [6.45, 7) is 6.53. The average molecular weight is 268 g/mol. The summed E-state index contributed by atoms with van der Waals surface area (Å²) in [5.74, 6) is 1.56. The Morgan fingerprint density at radius 1 is 1.21 bits per heavy atom. The van der Waals surface area contributed by atoms with Gasteiger partial charge in [-0.15, -0.1) is 0 Å².